The van der Waals surface area contributed by atoms with E-state index in [0.717, 1.165) is 16.3 Å². The van der Waals surface area contributed by atoms with E-state index in [-0.39, 0.29) is 6.61 Å². The van der Waals surface area contributed by atoms with Crippen LogP contribution in [-0.4, -0.2) is 19.4 Å². The first-order valence-electron chi connectivity index (χ1n) is 8.92. The van der Waals surface area contributed by atoms with Gasteiger partial charge in [0.15, 0.2) is 11.5 Å². The quantitative estimate of drug-likeness (QED) is 0.417. The molecule has 0 bridgehead atoms. The van der Waals surface area contributed by atoms with E-state index in [1.54, 1.807) is 6.07 Å². The van der Waals surface area contributed by atoms with E-state index in [9.17, 15) is 4.79 Å². The zero-order valence-corrected chi connectivity index (χ0v) is 15.4. The Bertz CT molecular complexity index is 905. The fourth-order valence-corrected chi connectivity index (χ4v) is 2.77. The molecule has 27 heavy (non-hydrogen) atoms. The fourth-order valence-electron chi connectivity index (χ4n) is 2.77. The van der Waals surface area contributed by atoms with E-state index in [1.165, 1.54) is 0 Å². The van der Waals surface area contributed by atoms with Gasteiger partial charge in [0.05, 0.1) is 13.2 Å². The lowest BCUT2D eigenvalue weighted by molar-refractivity contribution is 0.0931. The van der Waals surface area contributed by atoms with Crippen molar-refractivity contribution in [2.45, 2.75) is 20.5 Å². The molecule has 0 amide bonds. The van der Waals surface area contributed by atoms with Crippen molar-refractivity contribution >= 4 is 16.9 Å². The summed E-state index contributed by atoms with van der Waals surface area (Å²) in [6, 6.07) is 18.7. The van der Waals surface area contributed by atoms with Crippen LogP contribution in [0.15, 0.2) is 60.7 Å². The van der Waals surface area contributed by atoms with Gasteiger partial charge in [-0.1, -0.05) is 54.6 Å². The Morgan fingerprint density at radius 2 is 1.48 bits per heavy atom. The minimum atomic E-state index is -0.768. The lowest BCUT2D eigenvalue weighted by Crippen LogP contribution is -2.11. The van der Waals surface area contributed by atoms with Crippen molar-refractivity contribution in [2.75, 3.05) is 13.2 Å². The zero-order valence-electron chi connectivity index (χ0n) is 15.4. The average molecular weight is 366 g/mol. The second-order valence-electron chi connectivity index (χ2n) is 5.74. The SMILES string of the molecule is CCOc1cc(OC(=O)OCc2ccccc2)c2ccccc2c1OCC. The maximum absolute atomic E-state index is 12.2. The van der Waals surface area contributed by atoms with Crippen molar-refractivity contribution in [3.63, 3.8) is 0 Å². The highest BCUT2D eigenvalue weighted by atomic mass is 16.7. The van der Waals surface area contributed by atoms with Crippen molar-refractivity contribution in [3.8, 4) is 17.2 Å². The third-order valence-corrected chi connectivity index (χ3v) is 3.90. The lowest BCUT2D eigenvalue weighted by atomic mass is 10.1. The minimum absolute atomic E-state index is 0.146. The molecule has 5 nitrogen and oxygen atoms in total. The van der Waals surface area contributed by atoms with Crippen molar-refractivity contribution in [1.29, 1.82) is 0 Å². The Balaban J connectivity index is 1.86. The van der Waals surface area contributed by atoms with Crippen molar-refractivity contribution in [2.24, 2.45) is 0 Å². The molecule has 0 heterocycles. The Labute approximate surface area is 158 Å². The van der Waals surface area contributed by atoms with Crippen LogP contribution >= 0.6 is 0 Å². The summed E-state index contributed by atoms with van der Waals surface area (Å²) in [7, 11) is 0. The zero-order chi connectivity index (χ0) is 19.1. The Kier molecular flexibility index (Phi) is 6.15. The Morgan fingerprint density at radius 1 is 0.815 bits per heavy atom. The average Bonchev–Trinajstić information content (AvgIpc) is 2.70. The van der Waals surface area contributed by atoms with Gasteiger partial charge in [0, 0.05) is 16.8 Å². The molecule has 3 rings (SSSR count). The highest BCUT2D eigenvalue weighted by Gasteiger charge is 2.17. The molecule has 0 radical (unpaired) electrons. The molecule has 0 spiro atoms. The molecular weight excluding hydrogens is 344 g/mol. The van der Waals surface area contributed by atoms with Crippen LogP contribution in [0.5, 0.6) is 17.2 Å². The topological polar surface area (TPSA) is 54.0 Å². The summed E-state index contributed by atoms with van der Waals surface area (Å²) in [5, 5.41) is 1.57. The van der Waals surface area contributed by atoms with Crippen LogP contribution in [0.2, 0.25) is 0 Å². The van der Waals surface area contributed by atoms with Gasteiger partial charge < -0.3 is 18.9 Å². The van der Waals surface area contributed by atoms with Gasteiger partial charge in [0.25, 0.3) is 0 Å². The molecule has 0 saturated heterocycles. The molecule has 0 aliphatic heterocycles. The third-order valence-electron chi connectivity index (χ3n) is 3.90. The minimum Gasteiger partial charge on any atom is -0.490 e. The maximum atomic E-state index is 12.2. The molecule has 0 aromatic heterocycles. The number of benzene rings is 3. The van der Waals surface area contributed by atoms with E-state index in [0.29, 0.717) is 30.5 Å². The van der Waals surface area contributed by atoms with Gasteiger partial charge in [0.1, 0.15) is 12.4 Å². The number of hydrogen-bond donors (Lipinski definition) is 0. The maximum Gasteiger partial charge on any atom is 0.514 e. The molecule has 0 unspecified atom stereocenters. The molecule has 140 valence electrons. The van der Waals surface area contributed by atoms with Crippen LogP contribution in [0.1, 0.15) is 19.4 Å². The number of carbonyl (C=O) groups excluding carboxylic acids is 1. The summed E-state index contributed by atoms with van der Waals surface area (Å²) in [4.78, 5) is 12.2. The lowest BCUT2D eigenvalue weighted by Gasteiger charge is -2.16. The van der Waals surface area contributed by atoms with Gasteiger partial charge in [-0.15, -0.1) is 0 Å². The summed E-state index contributed by atoms with van der Waals surface area (Å²) in [5.74, 6) is 1.54. The molecule has 0 fully saturated rings. The van der Waals surface area contributed by atoms with E-state index >= 15 is 0 Å². The number of ether oxygens (including phenoxy) is 4. The van der Waals surface area contributed by atoms with Crippen LogP contribution in [0, 0.1) is 0 Å². The molecule has 0 saturated carbocycles. The predicted octanol–water partition coefficient (Wildman–Crippen LogP) is 5.35. The van der Waals surface area contributed by atoms with Crippen molar-refractivity contribution in [3.05, 3.63) is 66.2 Å². The summed E-state index contributed by atoms with van der Waals surface area (Å²) >= 11 is 0. The van der Waals surface area contributed by atoms with E-state index < -0.39 is 6.16 Å². The molecule has 3 aromatic carbocycles. The first-order chi connectivity index (χ1) is 13.2. The number of carbonyl (C=O) groups is 1. The first-order valence-corrected chi connectivity index (χ1v) is 8.92. The molecule has 0 aliphatic carbocycles. The Hall–Kier alpha value is -3.21. The molecule has 0 N–H and O–H groups in total. The van der Waals surface area contributed by atoms with Crippen LogP contribution in [0.25, 0.3) is 10.8 Å². The first kappa shape index (κ1) is 18.6. The van der Waals surface area contributed by atoms with Gasteiger partial charge in [-0.05, 0) is 19.4 Å². The normalized spacial score (nSPS) is 10.4. The van der Waals surface area contributed by atoms with Crippen LogP contribution in [0.4, 0.5) is 4.79 Å². The predicted molar refractivity (Wildman–Crippen MR) is 104 cm³/mol. The smallest absolute Gasteiger partial charge is 0.490 e. The van der Waals surface area contributed by atoms with Crippen molar-refractivity contribution in [1.82, 2.24) is 0 Å². The van der Waals surface area contributed by atoms with Gasteiger partial charge in [-0.3, -0.25) is 0 Å². The van der Waals surface area contributed by atoms with Gasteiger partial charge in [-0.2, -0.15) is 0 Å². The molecule has 0 aliphatic rings. The number of hydrogen-bond acceptors (Lipinski definition) is 5. The summed E-state index contributed by atoms with van der Waals surface area (Å²) in [6.07, 6.45) is -0.768. The molecule has 3 aromatic rings. The molecule has 5 heteroatoms. The second kappa shape index (κ2) is 8.94. The fraction of sp³-hybridized carbons (Fsp3) is 0.227. The summed E-state index contributed by atoms with van der Waals surface area (Å²) < 4.78 is 22.2. The van der Waals surface area contributed by atoms with Crippen LogP contribution in [0.3, 0.4) is 0 Å². The number of fused-ring (bicyclic) bond motifs is 1. The van der Waals surface area contributed by atoms with Crippen LogP contribution in [-0.2, 0) is 11.3 Å². The van der Waals surface area contributed by atoms with E-state index in [4.69, 9.17) is 18.9 Å². The Morgan fingerprint density at radius 3 is 2.19 bits per heavy atom. The van der Waals surface area contributed by atoms with E-state index in [2.05, 4.69) is 0 Å². The molecular formula is C22H22O5. The summed E-state index contributed by atoms with van der Waals surface area (Å²) in [5.41, 5.74) is 0.890. The van der Waals surface area contributed by atoms with E-state index in [1.807, 2.05) is 68.4 Å². The molecule has 0 atom stereocenters. The van der Waals surface area contributed by atoms with Crippen LogP contribution < -0.4 is 14.2 Å². The number of rotatable bonds is 7. The largest absolute Gasteiger partial charge is 0.514 e. The van der Waals surface area contributed by atoms with Crippen molar-refractivity contribution < 1.29 is 23.7 Å². The second-order valence-corrected chi connectivity index (χ2v) is 5.74. The highest BCUT2D eigenvalue weighted by molar-refractivity contribution is 5.96. The highest BCUT2D eigenvalue weighted by Crippen LogP contribution is 2.41. The van der Waals surface area contributed by atoms with Gasteiger partial charge in [0.2, 0.25) is 0 Å². The van der Waals surface area contributed by atoms with Gasteiger partial charge >= 0.3 is 6.16 Å². The third kappa shape index (κ3) is 4.50. The standard InChI is InChI=1S/C22H22O5/c1-3-24-20-14-19(17-12-8-9-13-18(17)21(20)25-4-2)27-22(23)26-15-16-10-6-5-7-11-16/h5-14H,3-4,15H2,1-2H3. The monoisotopic (exact) mass is 366 g/mol. The summed E-state index contributed by atoms with van der Waals surface area (Å²) in [6.45, 7) is 4.92. The van der Waals surface area contributed by atoms with Gasteiger partial charge in [-0.25, -0.2) is 4.79 Å².